The second kappa shape index (κ2) is 8.75. The van der Waals surface area contributed by atoms with E-state index in [0.29, 0.717) is 40.9 Å². The maximum Gasteiger partial charge on any atom is 0.265 e. The average Bonchev–Trinajstić information content (AvgIpc) is 3.30. The summed E-state index contributed by atoms with van der Waals surface area (Å²) in [6.07, 6.45) is 1.96. The minimum Gasteiger partial charge on any atom is -0.485 e. The van der Waals surface area contributed by atoms with Crippen molar-refractivity contribution in [1.29, 1.82) is 0 Å². The predicted molar refractivity (Wildman–Crippen MR) is 111 cm³/mol. The molecule has 0 saturated carbocycles. The normalized spacial score (nSPS) is 15.6. The van der Waals surface area contributed by atoms with Gasteiger partial charge in [0.2, 0.25) is 5.91 Å². The first-order valence-electron chi connectivity index (χ1n) is 9.78. The maximum atomic E-state index is 12.6. The van der Waals surface area contributed by atoms with Gasteiger partial charge >= 0.3 is 0 Å². The number of amides is 2. The minimum absolute atomic E-state index is 0.0614. The smallest absolute Gasteiger partial charge is 0.265 e. The molecule has 2 amide bonds. The lowest BCUT2D eigenvalue weighted by Gasteiger charge is -2.30. The molecule has 0 spiro atoms. The fourth-order valence-electron chi connectivity index (χ4n) is 3.51. The summed E-state index contributed by atoms with van der Waals surface area (Å²) in [5, 5.41) is 0.580. The lowest BCUT2D eigenvalue weighted by atomic mass is 10.1. The number of hydrogen-bond donors (Lipinski definition) is 0. The number of hydrogen-bond acceptors (Lipinski definition) is 5. The highest BCUT2D eigenvalue weighted by atomic mass is 35.5. The molecule has 4 rings (SSSR count). The average molecular weight is 429 g/mol. The van der Waals surface area contributed by atoms with Crippen molar-refractivity contribution in [3.8, 4) is 11.5 Å². The third-order valence-electron chi connectivity index (χ3n) is 5.16. The molecule has 8 heteroatoms. The van der Waals surface area contributed by atoms with E-state index in [1.807, 2.05) is 0 Å². The molecule has 2 aliphatic heterocycles. The number of fused-ring (bicyclic) bond motifs is 1. The Labute approximate surface area is 179 Å². The number of carbonyl (C=O) groups excluding carboxylic acids is 3. The first-order valence-corrected chi connectivity index (χ1v) is 10.2. The first-order chi connectivity index (χ1) is 14.5. The molecule has 0 aliphatic carbocycles. The molecule has 0 bridgehead atoms. The Kier molecular flexibility index (Phi) is 5.90. The zero-order chi connectivity index (χ0) is 21.1. The summed E-state index contributed by atoms with van der Waals surface area (Å²) in [5.41, 5.74) is 0.802. The third-order valence-corrected chi connectivity index (χ3v) is 5.41. The topological polar surface area (TPSA) is 76.2 Å². The van der Waals surface area contributed by atoms with E-state index >= 15 is 0 Å². The standard InChI is InChI=1S/C22H21ClN2O5/c23-16-4-6-17(7-5-16)29-13-19(26)15-3-8-20-18(11-15)25(22(28)14-30-20)12-21(27)24-9-1-2-10-24/h3-8,11H,1-2,9-10,12-14H2. The Morgan fingerprint density at radius 1 is 1.07 bits per heavy atom. The fraction of sp³-hybridized carbons (Fsp3) is 0.318. The van der Waals surface area contributed by atoms with Gasteiger partial charge in [0.05, 0.1) is 5.69 Å². The summed E-state index contributed by atoms with van der Waals surface area (Å²) >= 11 is 5.85. The molecule has 156 valence electrons. The molecule has 30 heavy (non-hydrogen) atoms. The summed E-state index contributed by atoms with van der Waals surface area (Å²) in [6, 6.07) is 11.6. The van der Waals surface area contributed by atoms with E-state index in [2.05, 4.69) is 0 Å². The van der Waals surface area contributed by atoms with Gasteiger partial charge in [0.1, 0.15) is 18.0 Å². The summed E-state index contributed by atoms with van der Waals surface area (Å²) in [4.78, 5) is 40.8. The van der Waals surface area contributed by atoms with Crippen molar-refractivity contribution in [2.75, 3.05) is 37.7 Å². The molecule has 1 fully saturated rings. The van der Waals surface area contributed by atoms with Gasteiger partial charge in [-0.15, -0.1) is 0 Å². The number of Topliss-reactive ketones (excluding diaryl/α,β-unsaturated/α-hetero) is 1. The Bertz CT molecular complexity index is 970. The van der Waals surface area contributed by atoms with Crippen LogP contribution < -0.4 is 14.4 Å². The highest BCUT2D eigenvalue weighted by Crippen LogP contribution is 2.33. The SMILES string of the molecule is O=C(COc1ccc(Cl)cc1)c1ccc2c(c1)N(CC(=O)N1CCCC1)C(=O)CO2. The molecule has 0 atom stereocenters. The Morgan fingerprint density at radius 3 is 2.53 bits per heavy atom. The number of nitrogens with zero attached hydrogens (tertiary/aromatic N) is 2. The number of ether oxygens (including phenoxy) is 2. The number of benzene rings is 2. The van der Waals surface area contributed by atoms with Crippen LogP contribution in [0.1, 0.15) is 23.2 Å². The van der Waals surface area contributed by atoms with Crippen molar-refractivity contribution in [2.45, 2.75) is 12.8 Å². The van der Waals surface area contributed by atoms with Crippen molar-refractivity contribution >= 4 is 34.9 Å². The predicted octanol–water partition coefficient (Wildman–Crippen LogP) is 2.95. The summed E-state index contributed by atoms with van der Waals surface area (Å²) in [6.45, 7) is 1.07. The highest BCUT2D eigenvalue weighted by Gasteiger charge is 2.30. The summed E-state index contributed by atoms with van der Waals surface area (Å²) in [5.74, 6) is 0.339. The molecule has 0 unspecified atom stereocenters. The Balaban J connectivity index is 1.49. The number of ketones is 1. The van der Waals surface area contributed by atoms with Gasteiger partial charge in [-0.25, -0.2) is 0 Å². The van der Waals surface area contributed by atoms with Crippen LogP contribution >= 0.6 is 11.6 Å². The van der Waals surface area contributed by atoms with E-state index in [1.54, 1.807) is 47.4 Å². The van der Waals surface area contributed by atoms with E-state index in [4.69, 9.17) is 21.1 Å². The van der Waals surface area contributed by atoms with Crippen LogP contribution in [0.25, 0.3) is 0 Å². The monoisotopic (exact) mass is 428 g/mol. The van der Waals surface area contributed by atoms with Crippen LogP contribution in [-0.4, -0.2) is 55.3 Å². The van der Waals surface area contributed by atoms with Crippen LogP contribution in [0.5, 0.6) is 11.5 Å². The van der Waals surface area contributed by atoms with E-state index in [9.17, 15) is 14.4 Å². The molecule has 1 saturated heterocycles. The van der Waals surface area contributed by atoms with Gasteiger partial charge in [0.25, 0.3) is 5.91 Å². The number of likely N-dealkylation sites (tertiary alicyclic amines) is 1. The zero-order valence-electron chi connectivity index (χ0n) is 16.3. The van der Waals surface area contributed by atoms with Crippen LogP contribution in [-0.2, 0) is 9.59 Å². The van der Waals surface area contributed by atoms with Gasteiger partial charge in [0, 0.05) is 23.7 Å². The van der Waals surface area contributed by atoms with Crippen LogP contribution in [0.4, 0.5) is 5.69 Å². The Hall–Kier alpha value is -3.06. The van der Waals surface area contributed by atoms with Crippen molar-refractivity contribution < 1.29 is 23.9 Å². The lowest BCUT2D eigenvalue weighted by molar-refractivity contribution is -0.131. The number of halogens is 1. The van der Waals surface area contributed by atoms with Gasteiger partial charge in [-0.05, 0) is 55.3 Å². The number of rotatable bonds is 6. The second-order valence-electron chi connectivity index (χ2n) is 7.20. The van der Waals surface area contributed by atoms with Crippen molar-refractivity contribution in [2.24, 2.45) is 0 Å². The fourth-order valence-corrected chi connectivity index (χ4v) is 3.64. The minimum atomic E-state index is -0.308. The maximum absolute atomic E-state index is 12.6. The van der Waals surface area contributed by atoms with Crippen LogP contribution in [0.3, 0.4) is 0 Å². The van der Waals surface area contributed by atoms with Crippen LogP contribution in [0.2, 0.25) is 5.02 Å². The largest absolute Gasteiger partial charge is 0.485 e. The Morgan fingerprint density at radius 2 is 1.80 bits per heavy atom. The quantitative estimate of drug-likeness (QED) is 0.661. The van der Waals surface area contributed by atoms with E-state index in [0.717, 1.165) is 12.8 Å². The molecule has 7 nitrogen and oxygen atoms in total. The van der Waals surface area contributed by atoms with Gasteiger partial charge in [-0.1, -0.05) is 11.6 Å². The van der Waals surface area contributed by atoms with Crippen molar-refractivity contribution in [3.05, 3.63) is 53.1 Å². The molecule has 0 N–H and O–H groups in total. The van der Waals surface area contributed by atoms with Crippen molar-refractivity contribution in [1.82, 2.24) is 4.90 Å². The van der Waals surface area contributed by atoms with Gasteiger partial charge < -0.3 is 14.4 Å². The molecule has 2 heterocycles. The number of carbonyl (C=O) groups is 3. The van der Waals surface area contributed by atoms with E-state index in [-0.39, 0.29) is 37.4 Å². The molecule has 2 aromatic carbocycles. The van der Waals surface area contributed by atoms with Gasteiger partial charge in [-0.3, -0.25) is 19.3 Å². The van der Waals surface area contributed by atoms with E-state index < -0.39 is 0 Å². The lowest BCUT2D eigenvalue weighted by Crippen LogP contribution is -2.46. The highest BCUT2D eigenvalue weighted by molar-refractivity contribution is 6.30. The summed E-state index contributed by atoms with van der Waals surface area (Å²) in [7, 11) is 0. The molecule has 2 aliphatic rings. The third kappa shape index (κ3) is 4.41. The van der Waals surface area contributed by atoms with Gasteiger partial charge in [0.15, 0.2) is 19.0 Å². The second-order valence-corrected chi connectivity index (χ2v) is 7.64. The zero-order valence-corrected chi connectivity index (χ0v) is 17.1. The summed E-state index contributed by atoms with van der Waals surface area (Å²) < 4.78 is 11.0. The van der Waals surface area contributed by atoms with Crippen LogP contribution in [0.15, 0.2) is 42.5 Å². The molecule has 2 aromatic rings. The first kappa shape index (κ1) is 20.2. The van der Waals surface area contributed by atoms with E-state index in [1.165, 1.54) is 4.90 Å². The van der Waals surface area contributed by atoms with Crippen molar-refractivity contribution in [3.63, 3.8) is 0 Å². The molecule has 0 radical (unpaired) electrons. The molecular formula is C22H21ClN2O5. The molecular weight excluding hydrogens is 408 g/mol. The van der Waals surface area contributed by atoms with Gasteiger partial charge in [-0.2, -0.15) is 0 Å². The molecule has 0 aromatic heterocycles. The number of anilines is 1. The van der Waals surface area contributed by atoms with Crippen LogP contribution in [0, 0.1) is 0 Å².